The Morgan fingerprint density at radius 1 is 1.00 bits per heavy atom. The first kappa shape index (κ1) is 28.4. The van der Waals surface area contributed by atoms with E-state index >= 15 is 0 Å². The molecule has 1 aromatic rings. The molecule has 0 unspecified atom stereocenters. The van der Waals surface area contributed by atoms with Crippen LogP contribution in [-0.2, 0) is 19.1 Å². The second kappa shape index (κ2) is 11.5. The Morgan fingerprint density at radius 3 is 2.44 bits per heavy atom. The lowest BCUT2D eigenvalue weighted by Gasteiger charge is -2.37. The van der Waals surface area contributed by atoms with E-state index in [0.29, 0.717) is 24.2 Å². The van der Waals surface area contributed by atoms with E-state index < -0.39 is 29.6 Å². The highest BCUT2D eigenvalue weighted by atomic mass is 16.5. The number of nitrogens with one attached hydrogen (secondary N) is 2. The Labute approximate surface area is 244 Å². The molecule has 6 atom stereocenters. The van der Waals surface area contributed by atoms with E-state index in [0.717, 1.165) is 51.6 Å². The molecule has 1 aliphatic carbocycles. The number of carbonyl (C=O) groups excluding carboxylic acids is 3. The van der Waals surface area contributed by atoms with E-state index in [2.05, 4.69) is 36.3 Å². The number of carbonyl (C=O) groups is 3. The zero-order valence-electron chi connectivity index (χ0n) is 24.8. The molecular weight excluding hydrogens is 516 g/mol. The van der Waals surface area contributed by atoms with Crippen molar-refractivity contribution in [2.45, 2.75) is 108 Å². The van der Waals surface area contributed by atoms with Crippen molar-refractivity contribution in [1.82, 2.24) is 15.1 Å². The van der Waals surface area contributed by atoms with Crippen molar-refractivity contribution < 1.29 is 19.1 Å². The molecule has 8 heteroatoms. The van der Waals surface area contributed by atoms with Crippen molar-refractivity contribution in [1.29, 1.82) is 0 Å². The average Bonchev–Trinajstić information content (AvgIpc) is 3.60. The van der Waals surface area contributed by atoms with Gasteiger partial charge < -0.3 is 20.3 Å². The van der Waals surface area contributed by atoms with Crippen LogP contribution in [0.1, 0.15) is 83.6 Å². The molecule has 5 aliphatic rings. The van der Waals surface area contributed by atoms with Gasteiger partial charge in [-0.2, -0.15) is 0 Å². The SMILES string of the molecule is CC(C)c1ccc(NC(=O)[C@H]2[C@H]3C=C[C@@]4(O3)[C@H]2C(=O)N(CCN2CCCC[C@@H]2C)[C@@H]4C(=O)NC2CCCCC2)cc1. The predicted octanol–water partition coefficient (Wildman–Crippen LogP) is 4.22. The number of rotatable bonds is 8. The average molecular weight is 563 g/mol. The van der Waals surface area contributed by atoms with Crippen molar-refractivity contribution in [3.63, 3.8) is 0 Å². The zero-order chi connectivity index (χ0) is 28.7. The number of anilines is 1. The Kier molecular flexibility index (Phi) is 7.98. The van der Waals surface area contributed by atoms with Gasteiger partial charge in [-0.15, -0.1) is 0 Å². The fourth-order valence-electron chi connectivity index (χ4n) is 7.94. The highest BCUT2D eigenvalue weighted by Gasteiger charge is 2.72. The van der Waals surface area contributed by atoms with Crippen LogP contribution in [0.3, 0.4) is 0 Å². The number of piperidine rings is 1. The van der Waals surface area contributed by atoms with Crippen LogP contribution in [0.4, 0.5) is 5.69 Å². The highest BCUT2D eigenvalue weighted by molar-refractivity contribution is 6.02. The second-order valence-corrected chi connectivity index (χ2v) is 13.2. The Morgan fingerprint density at radius 2 is 1.73 bits per heavy atom. The van der Waals surface area contributed by atoms with Gasteiger partial charge in [-0.3, -0.25) is 19.3 Å². The zero-order valence-corrected chi connectivity index (χ0v) is 24.8. The van der Waals surface area contributed by atoms with E-state index in [1.54, 1.807) is 4.90 Å². The summed E-state index contributed by atoms with van der Waals surface area (Å²) >= 11 is 0. The van der Waals surface area contributed by atoms with Gasteiger partial charge in [0.15, 0.2) is 0 Å². The summed E-state index contributed by atoms with van der Waals surface area (Å²) in [5.41, 5.74) is 0.787. The molecule has 4 aliphatic heterocycles. The van der Waals surface area contributed by atoms with E-state index in [1.807, 2.05) is 36.4 Å². The van der Waals surface area contributed by atoms with Crippen LogP contribution in [0.15, 0.2) is 36.4 Å². The molecule has 0 radical (unpaired) electrons. The molecule has 41 heavy (non-hydrogen) atoms. The maximum Gasteiger partial charge on any atom is 0.246 e. The van der Waals surface area contributed by atoms with Crippen molar-refractivity contribution in [3.05, 3.63) is 42.0 Å². The molecule has 4 heterocycles. The van der Waals surface area contributed by atoms with Crippen LogP contribution in [0, 0.1) is 11.8 Å². The number of hydrogen-bond donors (Lipinski definition) is 2. The standard InChI is InChI=1S/C33H46N4O4/c1-21(2)23-12-14-25(15-13-23)34-30(38)27-26-16-17-33(41-26)28(27)32(40)37(20-19-36-18-8-7-9-22(36)3)29(33)31(39)35-24-10-5-4-6-11-24/h12-17,21-22,24,26-29H,4-11,18-20H2,1-3H3,(H,34,38)(H,35,39)/t22-,26+,27-,28+,29+,33+/m0/s1. The molecule has 3 saturated heterocycles. The number of fused-ring (bicyclic) bond motifs is 1. The molecule has 1 saturated carbocycles. The number of amides is 3. The van der Waals surface area contributed by atoms with Crippen LogP contribution in [0.2, 0.25) is 0 Å². The fourth-order valence-corrected chi connectivity index (χ4v) is 7.94. The minimum atomic E-state index is -1.11. The van der Waals surface area contributed by atoms with Gasteiger partial charge in [-0.05, 0) is 62.8 Å². The molecular formula is C33H46N4O4. The molecule has 2 bridgehead atoms. The summed E-state index contributed by atoms with van der Waals surface area (Å²) in [6.07, 6.45) is 12.2. The molecule has 6 rings (SSSR count). The van der Waals surface area contributed by atoms with Crippen molar-refractivity contribution in [2.24, 2.45) is 11.8 Å². The summed E-state index contributed by atoms with van der Waals surface area (Å²) in [6.45, 7) is 8.70. The smallest absolute Gasteiger partial charge is 0.246 e. The first-order valence-electron chi connectivity index (χ1n) is 15.9. The summed E-state index contributed by atoms with van der Waals surface area (Å²) in [6, 6.07) is 7.68. The van der Waals surface area contributed by atoms with Gasteiger partial charge in [0.25, 0.3) is 0 Å². The molecule has 1 spiro atoms. The number of likely N-dealkylation sites (tertiary alicyclic amines) is 2. The lowest BCUT2D eigenvalue weighted by molar-refractivity contribution is -0.141. The summed E-state index contributed by atoms with van der Waals surface area (Å²) in [5, 5.41) is 6.33. The van der Waals surface area contributed by atoms with Gasteiger partial charge >= 0.3 is 0 Å². The third-order valence-electron chi connectivity index (χ3n) is 10.3. The molecule has 3 amide bonds. The van der Waals surface area contributed by atoms with E-state index in [1.165, 1.54) is 18.4 Å². The summed E-state index contributed by atoms with van der Waals surface area (Å²) < 4.78 is 6.53. The van der Waals surface area contributed by atoms with E-state index in [-0.39, 0.29) is 23.8 Å². The number of benzene rings is 1. The molecule has 4 fully saturated rings. The van der Waals surface area contributed by atoms with Gasteiger partial charge in [0.2, 0.25) is 17.7 Å². The minimum Gasteiger partial charge on any atom is -0.359 e. The largest absolute Gasteiger partial charge is 0.359 e. The highest BCUT2D eigenvalue weighted by Crippen LogP contribution is 2.55. The van der Waals surface area contributed by atoms with Crippen LogP contribution >= 0.6 is 0 Å². The van der Waals surface area contributed by atoms with E-state index in [4.69, 9.17) is 4.74 Å². The Bertz CT molecular complexity index is 1180. The van der Waals surface area contributed by atoms with Gasteiger partial charge in [-0.1, -0.05) is 63.8 Å². The first-order valence-corrected chi connectivity index (χ1v) is 15.9. The summed E-state index contributed by atoms with van der Waals surface area (Å²) in [4.78, 5) is 46.2. The molecule has 2 N–H and O–H groups in total. The third-order valence-corrected chi connectivity index (χ3v) is 10.3. The maximum atomic E-state index is 14.3. The summed E-state index contributed by atoms with van der Waals surface area (Å²) in [7, 11) is 0. The minimum absolute atomic E-state index is 0.126. The van der Waals surface area contributed by atoms with Crippen LogP contribution in [0.5, 0.6) is 0 Å². The van der Waals surface area contributed by atoms with Crippen LogP contribution in [0.25, 0.3) is 0 Å². The monoisotopic (exact) mass is 562 g/mol. The number of hydrogen-bond acceptors (Lipinski definition) is 5. The Balaban J connectivity index is 1.25. The normalized spacial score (nSPS) is 33.4. The van der Waals surface area contributed by atoms with Crippen molar-refractivity contribution >= 4 is 23.4 Å². The van der Waals surface area contributed by atoms with Crippen LogP contribution < -0.4 is 10.6 Å². The molecule has 8 nitrogen and oxygen atoms in total. The van der Waals surface area contributed by atoms with Crippen LogP contribution in [-0.4, -0.2) is 77.0 Å². The maximum absolute atomic E-state index is 14.3. The predicted molar refractivity (Wildman–Crippen MR) is 158 cm³/mol. The van der Waals surface area contributed by atoms with Gasteiger partial charge in [0, 0.05) is 30.9 Å². The molecule has 1 aromatic carbocycles. The fraction of sp³-hybridized carbons (Fsp3) is 0.667. The molecule has 0 aromatic heterocycles. The van der Waals surface area contributed by atoms with Gasteiger partial charge in [0.05, 0.1) is 17.9 Å². The van der Waals surface area contributed by atoms with Crippen molar-refractivity contribution in [3.8, 4) is 0 Å². The number of nitrogens with zero attached hydrogens (tertiary/aromatic N) is 2. The topological polar surface area (TPSA) is 91.0 Å². The number of ether oxygens (including phenoxy) is 1. The van der Waals surface area contributed by atoms with Gasteiger partial charge in [0.1, 0.15) is 11.6 Å². The van der Waals surface area contributed by atoms with Gasteiger partial charge in [-0.25, -0.2) is 0 Å². The third kappa shape index (κ3) is 5.22. The first-order chi connectivity index (χ1) is 19.8. The Hall–Kier alpha value is -2.71. The van der Waals surface area contributed by atoms with E-state index in [9.17, 15) is 14.4 Å². The summed E-state index contributed by atoms with van der Waals surface area (Å²) in [5.74, 6) is -1.50. The quantitative estimate of drug-likeness (QED) is 0.463. The lowest BCUT2D eigenvalue weighted by Crippen LogP contribution is -2.57. The second-order valence-electron chi connectivity index (χ2n) is 13.2. The lowest BCUT2D eigenvalue weighted by atomic mass is 9.74. The van der Waals surface area contributed by atoms with Crippen molar-refractivity contribution in [2.75, 3.05) is 25.0 Å². The molecule has 222 valence electrons.